The summed E-state index contributed by atoms with van der Waals surface area (Å²) in [7, 11) is 0. The number of benzene rings is 7. The number of rotatable bonds is 7. The molecule has 0 atom stereocenters. The third-order valence-corrected chi connectivity index (χ3v) is 11.6. The summed E-state index contributed by atoms with van der Waals surface area (Å²) >= 11 is 1.59. The van der Waals surface area contributed by atoms with Gasteiger partial charge >= 0.3 is 0 Å². The summed E-state index contributed by atoms with van der Waals surface area (Å²) in [6.45, 7) is 0. The van der Waals surface area contributed by atoms with E-state index in [2.05, 4.69) is 126 Å². The molecule has 0 spiro atoms. The fourth-order valence-electron chi connectivity index (χ4n) is 7.48. The van der Waals surface area contributed by atoms with Gasteiger partial charge in [-0.2, -0.15) is 0 Å². The standard InChI is InChI=1S/C51H31N7S/c1-3-11-32(12-4-1)33-21-25-36(26-22-33)49-56-48(35-13-5-2-6-14-35)57-50(58-49)37-27-23-34(24-28-37)38-15-9-16-39(29-38)40-17-10-18-41(30-40)44-47-45(53-31-52-44)46-51(59-47)55-43-20-8-7-19-42(43)54-46/h1-31H. The zero-order chi connectivity index (χ0) is 39.1. The van der Waals surface area contributed by atoms with Crippen molar-refractivity contribution in [2.24, 2.45) is 0 Å². The Morgan fingerprint density at radius 2 is 0.729 bits per heavy atom. The van der Waals surface area contributed by atoms with Gasteiger partial charge in [0.05, 0.1) is 21.4 Å². The molecular formula is C51H31N7S. The molecule has 0 N–H and O–H groups in total. The van der Waals surface area contributed by atoms with E-state index in [-0.39, 0.29) is 0 Å². The Kier molecular flexibility index (Phi) is 8.52. The van der Waals surface area contributed by atoms with Crippen LogP contribution in [0.1, 0.15) is 0 Å². The van der Waals surface area contributed by atoms with Gasteiger partial charge in [0.2, 0.25) is 0 Å². The van der Waals surface area contributed by atoms with Crippen molar-refractivity contribution < 1.29 is 0 Å². The Morgan fingerprint density at radius 1 is 0.305 bits per heavy atom. The van der Waals surface area contributed by atoms with Gasteiger partial charge in [0.1, 0.15) is 22.2 Å². The molecule has 11 rings (SSSR count). The summed E-state index contributed by atoms with van der Waals surface area (Å²) < 4.78 is 0.978. The Bertz CT molecular complexity index is 3310. The minimum atomic E-state index is 0.621. The smallest absolute Gasteiger partial charge is 0.164 e. The average Bonchev–Trinajstić information content (AvgIpc) is 3.69. The van der Waals surface area contributed by atoms with Crippen molar-refractivity contribution in [2.75, 3.05) is 0 Å². The number of nitrogens with zero attached hydrogens (tertiary/aromatic N) is 7. The maximum atomic E-state index is 5.00. The lowest BCUT2D eigenvalue weighted by atomic mass is 9.97. The fourth-order valence-corrected chi connectivity index (χ4v) is 8.57. The van der Waals surface area contributed by atoms with E-state index < -0.39 is 0 Å². The van der Waals surface area contributed by atoms with Crippen molar-refractivity contribution in [1.82, 2.24) is 34.9 Å². The predicted molar refractivity (Wildman–Crippen MR) is 239 cm³/mol. The quantitative estimate of drug-likeness (QED) is 0.159. The van der Waals surface area contributed by atoms with Gasteiger partial charge < -0.3 is 0 Å². The van der Waals surface area contributed by atoms with Gasteiger partial charge in [-0.1, -0.05) is 158 Å². The Labute approximate surface area is 343 Å². The van der Waals surface area contributed by atoms with Crippen LogP contribution in [0.4, 0.5) is 0 Å². The van der Waals surface area contributed by atoms with E-state index in [4.69, 9.17) is 29.9 Å². The van der Waals surface area contributed by atoms with Crippen LogP contribution in [0.3, 0.4) is 0 Å². The van der Waals surface area contributed by atoms with Crippen LogP contribution < -0.4 is 0 Å². The summed E-state index contributed by atoms with van der Waals surface area (Å²) in [6.07, 6.45) is 1.63. The van der Waals surface area contributed by atoms with Crippen LogP contribution in [-0.4, -0.2) is 34.9 Å². The molecule has 0 unspecified atom stereocenters. The molecule has 7 aromatic carbocycles. The van der Waals surface area contributed by atoms with E-state index in [1.54, 1.807) is 17.7 Å². The predicted octanol–water partition coefficient (Wildman–Crippen LogP) is 12.6. The third kappa shape index (κ3) is 6.57. The van der Waals surface area contributed by atoms with Gasteiger partial charge in [-0.3, -0.25) is 0 Å². The highest BCUT2D eigenvalue weighted by molar-refractivity contribution is 7.25. The van der Waals surface area contributed by atoms with E-state index in [1.807, 2.05) is 60.7 Å². The normalized spacial score (nSPS) is 11.4. The van der Waals surface area contributed by atoms with Crippen LogP contribution in [0, 0.1) is 0 Å². The molecule has 0 saturated carbocycles. The Hall–Kier alpha value is -7.81. The Balaban J connectivity index is 0.909. The van der Waals surface area contributed by atoms with Crippen LogP contribution >= 0.6 is 11.3 Å². The zero-order valence-electron chi connectivity index (χ0n) is 31.4. The molecule has 0 aliphatic carbocycles. The van der Waals surface area contributed by atoms with E-state index in [0.29, 0.717) is 17.5 Å². The molecule has 11 aromatic rings. The number of aromatic nitrogens is 7. The summed E-state index contributed by atoms with van der Waals surface area (Å²) in [4.78, 5) is 35.0. The van der Waals surface area contributed by atoms with Crippen molar-refractivity contribution in [2.45, 2.75) is 0 Å². The first-order chi connectivity index (χ1) is 29.2. The molecule has 0 bridgehead atoms. The first-order valence-electron chi connectivity index (χ1n) is 19.3. The monoisotopic (exact) mass is 773 g/mol. The highest BCUT2D eigenvalue weighted by Crippen LogP contribution is 2.38. The summed E-state index contributed by atoms with van der Waals surface area (Å²) in [5, 5.41) is 0. The highest BCUT2D eigenvalue weighted by Gasteiger charge is 2.17. The lowest BCUT2D eigenvalue weighted by Gasteiger charge is -2.10. The lowest BCUT2D eigenvalue weighted by Crippen LogP contribution is -2.00. The number of fused-ring (bicyclic) bond motifs is 4. The van der Waals surface area contributed by atoms with E-state index in [1.165, 1.54) is 5.56 Å². The SMILES string of the molecule is c1ccc(-c2ccc(-c3nc(-c4ccccc4)nc(-c4ccc(-c5cccc(-c6cccc(-c7ncnc8c7sc7nc9ccccc9nc78)c6)c5)cc4)n3)cc2)cc1. The minimum Gasteiger partial charge on any atom is -0.241 e. The maximum Gasteiger partial charge on any atom is 0.164 e. The molecule has 0 aliphatic heterocycles. The van der Waals surface area contributed by atoms with Gasteiger partial charge in [-0.05, 0) is 57.6 Å². The van der Waals surface area contributed by atoms with Gasteiger partial charge in [0, 0.05) is 22.3 Å². The van der Waals surface area contributed by atoms with Crippen molar-refractivity contribution in [3.63, 3.8) is 0 Å². The number of hydrogen-bond donors (Lipinski definition) is 0. The van der Waals surface area contributed by atoms with E-state index >= 15 is 0 Å². The first kappa shape index (κ1) is 34.4. The van der Waals surface area contributed by atoms with Crippen LogP contribution in [-0.2, 0) is 0 Å². The lowest BCUT2D eigenvalue weighted by molar-refractivity contribution is 1.07. The fraction of sp³-hybridized carbons (Fsp3) is 0. The van der Waals surface area contributed by atoms with Crippen molar-refractivity contribution in [3.8, 4) is 78.8 Å². The summed E-state index contributed by atoms with van der Waals surface area (Å²) in [5.74, 6) is 1.88. The second-order valence-corrected chi connectivity index (χ2v) is 15.2. The molecule has 4 heterocycles. The third-order valence-electron chi connectivity index (χ3n) is 10.5. The van der Waals surface area contributed by atoms with Crippen LogP contribution in [0.25, 0.3) is 110 Å². The number of thiophene rings is 1. The second kappa shape index (κ2) is 14.6. The molecule has 8 heteroatoms. The van der Waals surface area contributed by atoms with Gasteiger partial charge in [-0.15, -0.1) is 11.3 Å². The van der Waals surface area contributed by atoms with Crippen LogP contribution in [0.2, 0.25) is 0 Å². The molecule has 4 aromatic heterocycles. The van der Waals surface area contributed by atoms with E-state index in [9.17, 15) is 0 Å². The van der Waals surface area contributed by atoms with Gasteiger partial charge in [0.15, 0.2) is 17.5 Å². The van der Waals surface area contributed by atoms with Crippen molar-refractivity contribution in [1.29, 1.82) is 0 Å². The van der Waals surface area contributed by atoms with Gasteiger partial charge in [-0.25, -0.2) is 34.9 Å². The van der Waals surface area contributed by atoms with Crippen LogP contribution in [0.15, 0.2) is 188 Å². The Morgan fingerprint density at radius 3 is 1.34 bits per heavy atom. The number of hydrogen-bond acceptors (Lipinski definition) is 8. The second-order valence-electron chi connectivity index (χ2n) is 14.2. The molecule has 0 aliphatic rings. The first-order valence-corrected chi connectivity index (χ1v) is 20.1. The topological polar surface area (TPSA) is 90.2 Å². The molecular weight excluding hydrogens is 743 g/mol. The maximum absolute atomic E-state index is 5.00. The van der Waals surface area contributed by atoms with Crippen molar-refractivity contribution in [3.05, 3.63) is 188 Å². The summed E-state index contributed by atoms with van der Waals surface area (Å²) in [6, 6.07) is 62.4. The van der Waals surface area contributed by atoms with E-state index in [0.717, 1.165) is 87.4 Å². The number of para-hydroxylation sites is 2. The molecule has 59 heavy (non-hydrogen) atoms. The van der Waals surface area contributed by atoms with Crippen LogP contribution in [0.5, 0.6) is 0 Å². The molecule has 0 fully saturated rings. The molecule has 276 valence electrons. The molecule has 0 amide bonds. The van der Waals surface area contributed by atoms with Crippen molar-refractivity contribution >= 4 is 42.9 Å². The molecule has 0 saturated heterocycles. The molecule has 0 radical (unpaired) electrons. The summed E-state index contributed by atoms with van der Waals surface area (Å²) in [5.41, 5.74) is 14.7. The highest BCUT2D eigenvalue weighted by atomic mass is 32.1. The zero-order valence-corrected chi connectivity index (χ0v) is 32.3. The average molecular weight is 774 g/mol. The minimum absolute atomic E-state index is 0.621. The van der Waals surface area contributed by atoms with Gasteiger partial charge in [0.25, 0.3) is 0 Å². The largest absolute Gasteiger partial charge is 0.241 e. The molecule has 7 nitrogen and oxygen atoms in total.